The lowest BCUT2D eigenvalue weighted by molar-refractivity contribution is -0.394. The third-order valence-corrected chi connectivity index (χ3v) is 4.96. The molecular weight excluding hydrogens is 504 g/mol. The highest BCUT2D eigenvalue weighted by molar-refractivity contribution is 5.96. The lowest BCUT2D eigenvalue weighted by Gasteiger charge is -2.13. The van der Waals surface area contributed by atoms with Crippen LogP contribution in [0.4, 0.5) is 11.4 Å². The molecule has 0 bridgehead atoms. The van der Waals surface area contributed by atoms with Gasteiger partial charge in [-0.1, -0.05) is 0 Å². The second-order valence-corrected chi connectivity index (χ2v) is 7.32. The van der Waals surface area contributed by atoms with Gasteiger partial charge in [-0.15, -0.1) is 0 Å². The summed E-state index contributed by atoms with van der Waals surface area (Å²) >= 11 is 0. The summed E-state index contributed by atoms with van der Waals surface area (Å²) < 4.78 is 21.1. The van der Waals surface area contributed by atoms with Crippen LogP contribution in [0.2, 0.25) is 0 Å². The number of carbonyl (C=O) groups excluding carboxylic acids is 2. The van der Waals surface area contributed by atoms with Crippen molar-refractivity contribution in [2.75, 3.05) is 21.3 Å². The minimum Gasteiger partial charge on any atom is -0.493 e. The maximum absolute atomic E-state index is 12.6. The number of hydrogen-bond acceptors (Lipinski definition) is 11. The zero-order valence-electron chi connectivity index (χ0n) is 20.2. The van der Waals surface area contributed by atoms with E-state index in [1.54, 1.807) is 12.1 Å². The largest absolute Gasteiger partial charge is 0.493 e. The Kier molecular flexibility index (Phi) is 8.50. The van der Waals surface area contributed by atoms with Crippen LogP contribution in [0.5, 0.6) is 23.0 Å². The highest BCUT2D eigenvalue weighted by atomic mass is 16.6. The molecule has 0 saturated heterocycles. The lowest BCUT2D eigenvalue weighted by Crippen LogP contribution is -2.18. The zero-order valence-corrected chi connectivity index (χ0v) is 20.2. The number of hydrogen-bond donors (Lipinski definition) is 1. The van der Waals surface area contributed by atoms with E-state index in [4.69, 9.17) is 18.9 Å². The molecule has 0 spiro atoms. The molecule has 0 aliphatic heterocycles. The molecule has 3 aromatic carbocycles. The summed E-state index contributed by atoms with van der Waals surface area (Å²) in [5.41, 5.74) is 1.29. The molecule has 3 aromatic rings. The fourth-order valence-corrected chi connectivity index (χ4v) is 3.15. The molecule has 3 rings (SSSR count). The van der Waals surface area contributed by atoms with E-state index in [0.717, 1.165) is 18.2 Å². The Hall–Kier alpha value is -5.53. The van der Waals surface area contributed by atoms with Crippen LogP contribution in [0.1, 0.15) is 26.3 Å². The van der Waals surface area contributed by atoms with Crippen LogP contribution in [0.3, 0.4) is 0 Å². The number of rotatable bonds is 10. The van der Waals surface area contributed by atoms with Crippen molar-refractivity contribution in [2.24, 2.45) is 5.10 Å². The minimum atomic E-state index is -0.885. The third kappa shape index (κ3) is 6.37. The summed E-state index contributed by atoms with van der Waals surface area (Å²) in [6.45, 7) is 0. The van der Waals surface area contributed by atoms with Crippen molar-refractivity contribution >= 4 is 29.5 Å². The van der Waals surface area contributed by atoms with Gasteiger partial charge in [-0.3, -0.25) is 25.0 Å². The number of hydrazone groups is 1. The Labute approximate surface area is 214 Å². The number of non-ortho nitro benzene ring substituents is 2. The predicted molar refractivity (Wildman–Crippen MR) is 132 cm³/mol. The molecule has 38 heavy (non-hydrogen) atoms. The first-order chi connectivity index (χ1) is 18.2. The minimum absolute atomic E-state index is 0.161. The Balaban J connectivity index is 1.67. The summed E-state index contributed by atoms with van der Waals surface area (Å²) in [5.74, 6) is -0.452. The third-order valence-electron chi connectivity index (χ3n) is 4.96. The Morgan fingerprint density at radius 2 is 1.37 bits per heavy atom. The number of esters is 1. The van der Waals surface area contributed by atoms with E-state index < -0.39 is 33.1 Å². The van der Waals surface area contributed by atoms with E-state index in [1.165, 1.54) is 51.8 Å². The van der Waals surface area contributed by atoms with Gasteiger partial charge in [0, 0.05) is 12.1 Å². The van der Waals surface area contributed by atoms with Crippen molar-refractivity contribution in [3.8, 4) is 23.0 Å². The molecule has 1 N–H and O–H groups in total. The molecule has 1 amide bonds. The molecule has 14 nitrogen and oxygen atoms in total. The van der Waals surface area contributed by atoms with Gasteiger partial charge in [-0.2, -0.15) is 5.10 Å². The Morgan fingerprint density at radius 3 is 1.84 bits per heavy atom. The number of ether oxygens (including phenoxy) is 4. The number of amides is 1. The van der Waals surface area contributed by atoms with Crippen LogP contribution >= 0.6 is 0 Å². The average Bonchev–Trinajstić information content (AvgIpc) is 2.92. The number of nitro benzene ring substituents is 2. The average molecular weight is 524 g/mol. The Morgan fingerprint density at radius 1 is 0.816 bits per heavy atom. The van der Waals surface area contributed by atoms with Gasteiger partial charge in [0.05, 0.1) is 54.6 Å². The number of nitro groups is 2. The molecule has 0 unspecified atom stereocenters. The van der Waals surface area contributed by atoms with Crippen LogP contribution in [0, 0.1) is 20.2 Å². The van der Waals surface area contributed by atoms with Gasteiger partial charge in [0.25, 0.3) is 17.3 Å². The number of benzene rings is 3. The van der Waals surface area contributed by atoms with Crippen LogP contribution < -0.4 is 24.4 Å². The number of nitrogens with one attached hydrogen (secondary N) is 1. The van der Waals surface area contributed by atoms with E-state index in [2.05, 4.69) is 10.5 Å². The van der Waals surface area contributed by atoms with Gasteiger partial charge in [0.15, 0.2) is 11.5 Å². The van der Waals surface area contributed by atoms with E-state index in [9.17, 15) is 29.8 Å². The summed E-state index contributed by atoms with van der Waals surface area (Å²) in [5, 5.41) is 25.7. The zero-order chi connectivity index (χ0) is 27.8. The quantitative estimate of drug-likeness (QED) is 0.135. The second kappa shape index (κ2) is 11.9. The van der Waals surface area contributed by atoms with E-state index in [-0.39, 0.29) is 28.4 Å². The highest BCUT2D eigenvalue weighted by Gasteiger charge is 2.20. The van der Waals surface area contributed by atoms with Gasteiger partial charge in [-0.05, 0) is 42.0 Å². The first-order valence-electron chi connectivity index (χ1n) is 10.6. The van der Waals surface area contributed by atoms with Crippen LogP contribution in [-0.2, 0) is 0 Å². The first-order valence-corrected chi connectivity index (χ1v) is 10.6. The molecule has 0 atom stereocenters. The predicted octanol–water partition coefficient (Wildman–Crippen LogP) is 3.51. The number of nitrogens with zero attached hydrogens (tertiary/aromatic N) is 3. The van der Waals surface area contributed by atoms with Gasteiger partial charge < -0.3 is 18.9 Å². The first kappa shape index (κ1) is 27.1. The van der Waals surface area contributed by atoms with Crippen LogP contribution in [-0.4, -0.2) is 49.3 Å². The molecule has 0 saturated carbocycles. The van der Waals surface area contributed by atoms with Gasteiger partial charge >= 0.3 is 5.97 Å². The lowest BCUT2D eigenvalue weighted by atomic mass is 10.1. The fourth-order valence-electron chi connectivity index (χ4n) is 3.15. The van der Waals surface area contributed by atoms with Crippen LogP contribution in [0.15, 0.2) is 59.7 Å². The maximum Gasteiger partial charge on any atom is 0.343 e. The summed E-state index contributed by atoms with van der Waals surface area (Å²) in [6, 6.07) is 11.5. The summed E-state index contributed by atoms with van der Waals surface area (Å²) in [7, 11) is 4.28. The van der Waals surface area contributed by atoms with Crippen LogP contribution in [0.25, 0.3) is 0 Å². The van der Waals surface area contributed by atoms with Crippen molar-refractivity contribution in [2.45, 2.75) is 0 Å². The van der Waals surface area contributed by atoms with Gasteiger partial charge in [0.1, 0.15) is 5.75 Å². The molecule has 0 heterocycles. The van der Waals surface area contributed by atoms with Crippen molar-refractivity contribution in [1.29, 1.82) is 0 Å². The molecule has 0 aliphatic rings. The maximum atomic E-state index is 12.6. The van der Waals surface area contributed by atoms with Crippen molar-refractivity contribution < 1.29 is 38.4 Å². The summed E-state index contributed by atoms with van der Waals surface area (Å²) in [4.78, 5) is 45.2. The smallest absolute Gasteiger partial charge is 0.343 e. The molecule has 0 aromatic heterocycles. The normalized spacial score (nSPS) is 10.5. The van der Waals surface area contributed by atoms with Gasteiger partial charge in [-0.25, -0.2) is 10.2 Å². The highest BCUT2D eigenvalue weighted by Crippen LogP contribution is 2.38. The summed E-state index contributed by atoms with van der Waals surface area (Å²) in [6.07, 6.45) is 1.26. The monoisotopic (exact) mass is 524 g/mol. The topological polar surface area (TPSA) is 182 Å². The molecule has 196 valence electrons. The number of methoxy groups -OCH3 is 3. The molecular formula is C24H20N4O10. The van der Waals surface area contributed by atoms with E-state index in [1.807, 2.05) is 0 Å². The molecule has 0 fully saturated rings. The SMILES string of the molecule is COc1cc(C(=O)Oc2ccc(/C=N/NC(=O)c3cc([N+](=O)[O-])cc([N+](=O)[O-])c3)cc2)cc(OC)c1OC. The van der Waals surface area contributed by atoms with E-state index in [0.29, 0.717) is 11.3 Å². The molecule has 0 aliphatic carbocycles. The van der Waals surface area contributed by atoms with Crippen molar-refractivity contribution in [1.82, 2.24) is 5.43 Å². The Bertz CT molecular complexity index is 1360. The van der Waals surface area contributed by atoms with Gasteiger partial charge in [0.2, 0.25) is 5.75 Å². The van der Waals surface area contributed by atoms with E-state index >= 15 is 0 Å². The second-order valence-electron chi connectivity index (χ2n) is 7.32. The number of carbonyl (C=O) groups is 2. The standard InChI is InChI=1S/C24H20N4O10/c1-35-20-10-16(11-21(36-2)22(20)37-3)24(30)38-19-6-4-14(5-7-19)13-25-26-23(29)15-8-17(27(31)32)12-18(9-15)28(33)34/h4-13H,1-3H3,(H,26,29)/b25-13+. The molecule has 0 radical (unpaired) electrons. The van der Waals surface area contributed by atoms with Crippen molar-refractivity contribution in [3.05, 3.63) is 91.5 Å². The molecule has 14 heteroatoms. The fraction of sp³-hybridized carbons (Fsp3) is 0.125. The van der Waals surface area contributed by atoms with Crippen molar-refractivity contribution in [3.63, 3.8) is 0 Å².